The highest BCUT2D eigenvalue weighted by Crippen LogP contribution is 2.20. The molecular weight excluding hydrogens is 199 g/mol. The SMILES string of the molecule is CCc1ccc(C(O)C(F)C(=O)O)cc1. The Morgan fingerprint density at radius 2 is 1.93 bits per heavy atom. The summed E-state index contributed by atoms with van der Waals surface area (Å²) in [6, 6.07) is 6.57. The molecule has 0 radical (unpaired) electrons. The van der Waals surface area contributed by atoms with Crippen LogP contribution in [-0.4, -0.2) is 22.4 Å². The summed E-state index contributed by atoms with van der Waals surface area (Å²) in [5, 5.41) is 17.7. The maximum atomic E-state index is 12.9. The van der Waals surface area contributed by atoms with E-state index in [0.29, 0.717) is 0 Å². The molecule has 0 heterocycles. The molecule has 0 aliphatic rings. The Bertz CT molecular complexity index is 334. The lowest BCUT2D eigenvalue weighted by Crippen LogP contribution is -2.23. The minimum atomic E-state index is -2.28. The van der Waals surface area contributed by atoms with Crippen LogP contribution in [0.4, 0.5) is 4.39 Å². The van der Waals surface area contributed by atoms with Gasteiger partial charge in [-0.2, -0.15) is 0 Å². The van der Waals surface area contributed by atoms with Gasteiger partial charge in [0.05, 0.1) is 0 Å². The van der Waals surface area contributed by atoms with E-state index in [1.807, 2.05) is 6.92 Å². The second-order valence-electron chi connectivity index (χ2n) is 3.28. The van der Waals surface area contributed by atoms with Crippen LogP contribution in [-0.2, 0) is 11.2 Å². The number of aliphatic hydroxyl groups excluding tert-OH is 1. The molecule has 82 valence electrons. The van der Waals surface area contributed by atoms with Crippen LogP contribution in [0.3, 0.4) is 0 Å². The Morgan fingerprint density at radius 1 is 1.40 bits per heavy atom. The average molecular weight is 212 g/mol. The summed E-state index contributed by atoms with van der Waals surface area (Å²) >= 11 is 0. The molecule has 0 amide bonds. The number of aryl methyl sites for hydroxylation is 1. The molecular formula is C11H13FO3. The molecule has 2 unspecified atom stereocenters. The zero-order valence-corrected chi connectivity index (χ0v) is 8.35. The van der Waals surface area contributed by atoms with E-state index < -0.39 is 18.2 Å². The van der Waals surface area contributed by atoms with Gasteiger partial charge in [-0.05, 0) is 17.5 Å². The van der Waals surface area contributed by atoms with Gasteiger partial charge in [0.2, 0.25) is 6.17 Å². The first-order valence-corrected chi connectivity index (χ1v) is 4.70. The zero-order chi connectivity index (χ0) is 11.4. The minimum absolute atomic E-state index is 0.280. The maximum absolute atomic E-state index is 12.9. The Kier molecular flexibility index (Phi) is 3.80. The number of rotatable bonds is 4. The standard InChI is InChI=1S/C11H13FO3/c1-2-7-3-5-8(6-4-7)10(13)9(12)11(14)15/h3-6,9-10,13H,2H2,1H3,(H,14,15). The number of alkyl halides is 1. The topological polar surface area (TPSA) is 57.5 Å². The van der Waals surface area contributed by atoms with Crippen LogP contribution in [0.5, 0.6) is 0 Å². The Balaban J connectivity index is 2.82. The molecule has 3 nitrogen and oxygen atoms in total. The van der Waals surface area contributed by atoms with Crippen LogP contribution >= 0.6 is 0 Å². The Morgan fingerprint density at radius 3 is 2.33 bits per heavy atom. The van der Waals surface area contributed by atoms with E-state index in [1.54, 1.807) is 24.3 Å². The number of hydrogen-bond donors (Lipinski definition) is 2. The van der Waals surface area contributed by atoms with Gasteiger partial charge in [-0.25, -0.2) is 9.18 Å². The predicted octanol–water partition coefficient (Wildman–Crippen LogP) is 1.71. The quantitative estimate of drug-likeness (QED) is 0.798. The number of aliphatic carboxylic acids is 1. The molecule has 1 aromatic rings. The monoisotopic (exact) mass is 212 g/mol. The highest BCUT2D eigenvalue weighted by atomic mass is 19.1. The fraction of sp³-hybridized carbons (Fsp3) is 0.364. The van der Waals surface area contributed by atoms with Crippen molar-refractivity contribution in [2.75, 3.05) is 0 Å². The van der Waals surface area contributed by atoms with Crippen molar-refractivity contribution < 1.29 is 19.4 Å². The molecule has 1 aromatic carbocycles. The van der Waals surface area contributed by atoms with E-state index in [1.165, 1.54) is 0 Å². The van der Waals surface area contributed by atoms with Gasteiger partial charge < -0.3 is 10.2 Å². The van der Waals surface area contributed by atoms with Crippen molar-refractivity contribution in [3.63, 3.8) is 0 Å². The van der Waals surface area contributed by atoms with Crippen LogP contribution < -0.4 is 0 Å². The molecule has 15 heavy (non-hydrogen) atoms. The minimum Gasteiger partial charge on any atom is -0.479 e. The Hall–Kier alpha value is -1.42. The number of hydrogen-bond acceptors (Lipinski definition) is 2. The van der Waals surface area contributed by atoms with Crippen molar-refractivity contribution in [1.82, 2.24) is 0 Å². The van der Waals surface area contributed by atoms with E-state index in [0.717, 1.165) is 12.0 Å². The van der Waals surface area contributed by atoms with Crippen molar-refractivity contribution in [2.45, 2.75) is 25.6 Å². The van der Waals surface area contributed by atoms with E-state index in [2.05, 4.69) is 0 Å². The van der Waals surface area contributed by atoms with Crippen molar-refractivity contribution in [1.29, 1.82) is 0 Å². The van der Waals surface area contributed by atoms with Gasteiger partial charge in [-0.15, -0.1) is 0 Å². The van der Waals surface area contributed by atoms with Crippen molar-refractivity contribution in [3.05, 3.63) is 35.4 Å². The fourth-order valence-corrected chi connectivity index (χ4v) is 1.25. The van der Waals surface area contributed by atoms with Gasteiger partial charge in [0.1, 0.15) is 6.10 Å². The molecule has 0 aliphatic carbocycles. The van der Waals surface area contributed by atoms with Crippen molar-refractivity contribution in [2.24, 2.45) is 0 Å². The molecule has 0 spiro atoms. The van der Waals surface area contributed by atoms with Gasteiger partial charge in [0.25, 0.3) is 0 Å². The number of halogens is 1. The molecule has 0 fully saturated rings. The largest absolute Gasteiger partial charge is 0.479 e. The number of carboxylic acid groups (broad SMARTS) is 1. The molecule has 2 N–H and O–H groups in total. The number of carbonyl (C=O) groups is 1. The van der Waals surface area contributed by atoms with Gasteiger partial charge >= 0.3 is 5.97 Å². The number of aliphatic hydroxyl groups is 1. The Labute approximate surface area is 87.2 Å². The molecule has 0 saturated heterocycles. The summed E-state index contributed by atoms with van der Waals surface area (Å²) in [6.45, 7) is 1.97. The van der Waals surface area contributed by atoms with Crippen LogP contribution in [0, 0.1) is 0 Å². The molecule has 0 aromatic heterocycles. The summed E-state index contributed by atoms with van der Waals surface area (Å²) < 4.78 is 12.9. The third kappa shape index (κ3) is 2.76. The van der Waals surface area contributed by atoms with Gasteiger partial charge in [-0.3, -0.25) is 0 Å². The predicted molar refractivity (Wildman–Crippen MR) is 53.3 cm³/mol. The summed E-state index contributed by atoms with van der Waals surface area (Å²) in [6.07, 6.45) is -3.04. The van der Waals surface area contributed by atoms with Crippen LogP contribution in [0.25, 0.3) is 0 Å². The highest BCUT2D eigenvalue weighted by molar-refractivity contribution is 5.73. The first kappa shape index (κ1) is 11.7. The second kappa shape index (κ2) is 4.89. The molecule has 4 heteroatoms. The molecule has 0 bridgehead atoms. The third-order valence-electron chi connectivity index (χ3n) is 2.24. The summed E-state index contributed by atoms with van der Waals surface area (Å²) in [7, 11) is 0. The fourth-order valence-electron chi connectivity index (χ4n) is 1.25. The van der Waals surface area contributed by atoms with E-state index in [4.69, 9.17) is 5.11 Å². The van der Waals surface area contributed by atoms with Crippen molar-refractivity contribution >= 4 is 5.97 Å². The zero-order valence-electron chi connectivity index (χ0n) is 8.35. The summed E-state index contributed by atoms with van der Waals surface area (Å²) in [5.41, 5.74) is 1.33. The van der Waals surface area contributed by atoms with Gasteiger partial charge in [-0.1, -0.05) is 31.2 Å². The first-order valence-electron chi connectivity index (χ1n) is 4.70. The molecule has 0 saturated carbocycles. The second-order valence-corrected chi connectivity index (χ2v) is 3.28. The van der Waals surface area contributed by atoms with Crippen LogP contribution in [0.15, 0.2) is 24.3 Å². The van der Waals surface area contributed by atoms with E-state index in [-0.39, 0.29) is 5.56 Å². The first-order chi connectivity index (χ1) is 7.06. The molecule has 2 atom stereocenters. The van der Waals surface area contributed by atoms with Crippen LogP contribution in [0.2, 0.25) is 0 Å². The van der Waals surface area contributed by atoms with E-state index in [9.17, 15) is 14.3 Å². The molecule has 0 aliphatic heterocycles. The van der Waals surface area contributed by atoms with Gasteiger partial charge in [0, 0.05) is 0 Å². The molecule has 1 rings (SSSR count). The average Bonchev–Trinajstić information content (AvgIpc) is 2.27. The number of benzene rings is 1. The van der Waals surface area contributed by atoms with Crippen molar-refractivity contribution in [3.8, 4) is 0 Å². The third-order valence-corrected chi connectivity index (χ3v) is 2.24. The lowest BCUT2D eigenvalue weighted by atomic mass is 10.0. The summed E-state index contributed by atoms with van der Waals surface area (Å²) in [4.78, 5) is 10.3. The lowest BCUT2D eigenvalue weighted by Gasteiger charge is -2.12. The van der Waals surface area contributed by atoms with E-state index >= 15 is 0 Å². The normalized spacial score (nSPS) is 14.6. The maximum Gasteiger partial charge on any atom is 0.341 e. The highest BCUT2D eigenvalue weighted by Gasteiger charge is 2.26. The van der Waals surface area contributed by atoms with Crippen LogP contribution in [0.1, 0.15) is 24.2 Å². The smallest absolute Gasteiger partial charge is 0.341 e. The summed E-state index contributed by atoms with van der Waals surface area (Å²) in [5.74, 6) is -1.65. The lowest BCUT2D eigenvalue weighted by molar-refractivity contribution is -0.147. The van der Waals surface area contributed by atoms with Gasteiger partial charge in [0.15, 0.2) is 0 Å². The number of carboxylic acids is 1.